The minimum absolute atomic E-state index is 0.236. The molecule has 3 unspecified atom stereocenters. The fraction of sp³-hybridized carbons (Fsp3) is 1.00. The maximum absolute atomic E-state index is 10.5. The van der Waals surface area contributed by atoms with E-state index >= 15 is 0 Å². The first-order valence-corrected chi connectivity index (χ1v) is 11.5. The Labute approximate surface area is 131 Å². The number of aliphatic hydroxyl groups excluding tert-OH is 1. The van der Waals surface area contributed by atoms with Crippen molar-refractivity contribution in [2.45, 2.75) is 30.6 Å². The highest BCUT2D eigenvalue weighted by molar-refractivity contribution is 8.23. The number of aliphatic hydroxyl groups is 1. The molecule has 0 aromatic carbocycles. The summed E-state index contributed by atoms with van der Waals surface area (Å²) in [6.07, 6.45) is -0.854. The SMILES string of the molecule is O=S=PBC[C@H]1OC(O)[C@H](BP=S=O)C1OB(P)S. The standard InChI is InChI=1S/C5H12B3O5P3S3/c9-5-3(7-16-19-11)4(13-8(14)17)2(12-5)1-6-15-18-10/h2-7,9,17H,1,14H2/t2-,3-,4?,5?/m1/s1. The average molecular weight is 374 g/mol. The van der Waals surface area contributed by atoms with Gasteiger partial charge in [-0.15, -0.1) is 9.12 Å². The van der Waals surface area contributed by atoms with Crippen LogP contribution in [0, 0.1) is 0 Å². The van der Waals surface area contributed by atoms with Gasteiger partial charge < -0.3 is 14.5 Å². The van der Waals surface area contributed by atoms with Crippen molar-refractivity contribution in [3.8, 4) is 0 Å². The molecule has 0 bridgehead atoms. The van der Waals surface area contributed by atoms with E-state index in [0.717, 1.165) is 7.23 Å². The number of ether oxygens (including phenoxy) is 1. The van der Waals surface area contributed by atoms with E-state index in [0.29, 0.717) is 49.2 Å². The largest absolute Gasteiger partial charge is 0.417 e. The minimum Gasteiger partial charge on any atom is -0.417 e. The van der Waals surface area contributed by atoms with Crippen LogP contribution in [0.15, 0.2) is 0 Å². The van der Waals surface area contributed by atoms with Gasteiger partial charge in [0, 0.05) is 5.82 Å². The Kier molecular flexibility index (Phi) is 10.0. The Bertz CT molecular complexity index is 393. The van der Waals surface area contributed by atoms with E-state index in [4.69, 9.17) is 9.39 Å². The van der Waals surface area contributed by atoms with Crippen molar-refractivity contribution >= 4 is 77.7 Å². The van der Waals surface area contributed by atoms with Crippen molar-refractivity contribution in [3.05, 3.63) is 0 Å². The molecule has 1 heterocycles. The normalized spacial score (nSPS) is 30.3. The zero-order valence-corrected chi connectivity index (χ0v) is 15.3. The molecule has 0 aromatic heterocycles. The molecule has 1 saturated heterocycles. The number of hydrogen-bond acceptors (Lipinski definition) is 6. The molecule has 1 fully saturated rings. The van der Waals surface area contributed by atoms with E-state index in [1.807, 2.05) is 0 Å². The van der Waals surface area contributed by atoms with Crippen LogP contribution in [0.3, 0.4) is 0 Å². The van der Waals surface area contributed by atoms with Crippen LogP contribution in [0.4, 0.5) is 0 Å². The van der Waals surface area contributed by atoms with Gasteiger partial charge in [-0.2, -0.15) is 12.5 Å². The van der Waals surface area contributed by atoms with Crippen molar-refractivity contribution in [1.82, 2.24) is 0 Å². The smallest absolute Gasteiger partial charge is 0.380 e. The Morgan fingerprint density at radius 1 is 1.47 bits per heavy atom. The van der Waals surface area contributed by atoms with Crippen LogP contribution < -0.4 is 0 Å². The Balaban J connectivity index is 2.73. The van der Waals surface area contributed by atoms with Crippen LogP contribution in [-0.4, -0.2) is 51.9 Å². The van der Waals surface area contributed by atoms with Crippen LogP contribution in [0.25, 0.3) is 0 Å². The van der Waals surface area contributed by atoms with Gasteiger partial charge in [0.15, 0.2) is 6.29 Å². The lowest BCUT2D eigenvalue weighted by atomic mass is 9.77. The summed E-state index contributed by atoms with van der Waals surface area (Å²) < 4.78 is 32.0. The van der Waals surface area contributed by atoms with Gasteiger partial charge in [-0.1, -0.05) is 0 Å². The van der Waals surface area contributed by atoms with Gasteiger partial charge in [0.1, 0.15) is 21.7 Å². The highest BCUT2D eigenvalue weighted by atomic mass is 32.4. The second-order valence-corrected chi connectivity index (χ2v) is 9.57. The zero-order chi connectivity index (χ0) is 14.3. The number of rotatable bonds is 7. The van der Waals surface area contributed by atoms with Gasteiger partial charge in [-0.05, 0) is 20.8 Å². The van der Waals surface area contributed by atoms with Crippen LogP contribution in [0.2, 0.25) is 12.1 Å². The molecular formula is C5H12B3O5P3S3. The van der Waals surface area contributed by atoms with Gasteiger partial charge in [0.25, 0.3) is 0 Å². The maximum atomic E-state index is 10.5. The van der Waals surface area contributed by atoms with E-state index in [2.05, 4.69) is 21.6 Å². The lowest BCUT2D eigenvalue weighted by Crippen LogP contribution is -2.32. The molecule has 1 rings (SSSR count). The minimum atomic E-state index is -0.927. The molecule has 104 valence electrons. The van der Waals surface area contributed by atoms with Gasteiger partial charge in [0.05, 0.1) is 12.2 Å². The summed E-state index contributed by atoms with van der Waals surface area (Å²) in [6, 6.07) is 0. The highest BCUT2D eigenvalue weighted by Crippen LogP contribution is 2.37. The molecule has 5 atom stereocenters. The molecule has 14 heteroatoms. The second-order valence-electron chi connectivity index (χ2n) is 3.82. The second kappa shape index (κ2) is 10.3. The summed E-state index contributed by atoms with van der Waals surface area (Å²) in [5.74, 6) is -0.591. The van der Waals surface area contributed by atoms with Gasteiger partial charge in [-0.3, -0.25) is 0 Å². The Morgan fingerprint density at radius 3 is 2.74 bits per heavy atom. The molecule has 19 heavy (non-hydrogen) atoms. The van der Waals surface area contributed by atoms with Gasteiger partial charge in [-0.25, -0.2) is 8.42 Å². The van der Waals surface area contributed by atoms with E-state index in [-0.39, 0.29) is 23.9 Å². The van der Waals surface area contributed by atoms with Gasteiger partial charge >= 0.3 is 5.91 Å². The van der Waals surface area contributed by atoms with Crippen molar-refractivity contribution in [1.29, 1.82) is 0 Å². The molecule has 0 saturated carbocycles. The summed E-state index contributed by atoms with van der Waals surface area (Å²) in [4.78, 5) is 0. The zero-order valence-electron chi connectivity index (χ0n) is 9.82. The molecule has 0 aromatic rings. The predicted molar refractivity (Wildman–Crippen MR) is 93.2 cm³/mol. The van der Waals surface area contributed by atoms with Crippen molar-refractivity contribution in [2.75, 3.05) is 0 Å². The lowest BCUT2D eigenvalue weighted by Gasteiger charge is -2.23. The van der Waals surface area contributed by atoms with Crippen LogP contribution in [0.5, 0.6) is 0 Å². The lowest BCUT2D eigenvalue weighted by molar-refractivity contribution is -0.0876. The molecular weight excluding hydrogens is 362 g/mol. The predicted octanol–water partition coefficient (Wildman–Crippen LogP) is -0.0632. The van der Waals surface area contributed by atoms with Crippen molar-refractivity contribution in [2.24, 2.45) is 0 Å². The molecule has 0 amide bonds. The first kappa shape index (κ1) is 18.5. The van der Waals surface area contributed by atoms with E-state index in [1.54, 1.807) is 0 Å². The molecule has 1 aliphatic heterocycles. The van der Waals surface area contributed by atoms with E-state index in [9.17, 15) is 13.5 Å². The quantitative estimate of drug-likeness (QED) is 0.371. The Morgan fingerprint density at radius 2 is 2.16 bits per heavy atom. The summed E-state index contributed by atoms with van der Waals surface area (Å²) in [6.45, 7) is 1.19. The fourth-order valence-electron chi connectivity index (χ4n) is 1.91. The molecule has 0 radical (unpaired) electrons. The highest BCUT2D eigenvalue weighted by Gasteiger charge is 2.44. The summed E-state index contributed by atoms with van der Waals surface area (Å²) in [5, 5.41) is 9.91. The third-order valence-electron chi connectivity index (χ3n) is 2.66. The van der Waals surface area contributed by atoms with Crippen LogP contribution in [-0.2, 0) is 31.1 Å². The third-order valence-corrected chi connectivity index (χ3v) is 5.79. The molecule has 0 aliphatic carbocycles. The van der Waals surface area contributed by atoms with Crippen LogP contribution >= 0.6 is 36.1 Å². The number of thiol groups is 1. The fourth-order valence-corrected chi connectivity index (χ4v) is 4.52. The van der Waals surface area contributed by atoms with Crippen molar-refractivity contribution < 1.29 is 22.9 Å². The third kappa shape index (κ3) is 6.42. The first-order chi connectivity index (χ1) is 9.10. The Hall–Kier alpha value is 1.49. The summed E-state index contributed by atoms with van der Waals surface area (Å²) in [7, 11) is 4.78. The van der Waals surface area contributed by atoms with Crippen LogP contribution in [0.1, 0.15) is 0 Å². The maximum Gasteiger partial charge on any atom is 0.380 e. The molecule has 5 nitrogen and oxygen atoms in total. The van der Waals surface area contributed by atoms with E-state index < -0.39 is 6.29 Å². The van der Waals surface area contributed by atoms with E-state index in [1.165, 1.54) is 0 Å². The summed E-state index contributed by atoms with van der Waals surface area (Å²) in [5.41, 5.74) is 0. The summed E-state index contributed by atoms with van der Waals surface area (Å²) >= 11 is 4.16. The molecule has 1 aliphatic rings. The number of hydrogen-bond donors (Lipinski definition) is 2. The average Bonchev–Trinajstić information content (AvgIpc) is 2.63. The first-order valence-electron chi connectivity index (χ1n) is 5.44. The molecule has 0 spiro atoms. The van der Waals surface area contributed by atoms with Gasteiger partial charge in [0.2, 0.25) is 14.0 Å². The topological polar surface area (TPSA) is 72.8 Å². The monoisotopic (exact) mass is 374 g/mol. The molecule has 1 N–H and O–H groups in total. The van der Waals surface area contributed by atoms with Crippen molar-refractivity contribution in [3.63, 3.8) is 0 Å².